The van der Waals surface area contributed by atoms with Gasteiger partial charge in [-0.25, -0.2) is 9.58 Å². The van der Waals surface area contributed by atoms with Crippen LogP contribution in [-0.4, -0.2) is 33.7 Å². The molecule has 172 valence electrons. The van der Waals surface area contributed by atoms with Crippen LogP contribution in [0.15, 0.2) is 66.7 Å². The van der Waals surface area contributed by atoms with E-state index >= 15 is 0 Å². The van der Waals surface area contributed by atoms with Crippen LogP contribution >= 0.6 is 0 Å². The molecule has 8 nitrogen and oxygen atoms in total. The molecule has 0 spiro atoms. The van der Waals surface area contributed by atoms with Crippen LogP contribution in [0.2, 0.25) is 0 Å². The molecule has 1 N–H and O–H groups in total. The molecule has 4 atom stereocenters. The molecule has 3 aliphatic rings. The van der Waals surface area contributed by atoms with Gasteiger partial charge in [-0.2, -0.15) is 4.98 Å². The van der Waals surface area contributed by atoms with Gasteiger partial charge in [0.25, 0.3) is 5.95 Å². The van der Waals surface area contributed by atoms with Crippen molar-refractivity contribution in [3.8, 4) is 5.75 Å². The van der Waals surface area contributed by atoms with E-state index in [0.717, 1.165) is 23.3 Å². The van der Waals surface area contributed by atoms with Crippen LogP contribution in [0.1, 0.15) is 42.5 Å². The predicted molar refractivity (Wildman–Crippen MR) is 126 cm³/mol. The van der Waals surface area contributed by atoms with Crippen LogP contribution in [0.4, 0.5) is 11.9 Å². The van der Waals surface area contributed by atoms with Crippen molar-refractivity contribution in [2.24, 2.45) is 11.8 Å². The van der Waals surface area contributed by atoms with Crippen molar-refractivity contribution >= 4 is 23.7 Å². The second kappa shape index (κ2) is 8.13. The Kier molecular flexibility index (Phi) is 4.94. The molecule has 1 saturated heterocycles. The van der Waals surface area contributed by atoms with Gasteiger partial charge in [0.1, 0.15) is 5.75 Å². The summed E-state index contributed by atoms with van der Waals surface area (Å²) in [4.78, 5) is 32.1. The number of imide groups is 1. The lowest BCUT2D eigenvalue weighted by molar-refractivity contribution is -0.122. The van der Waals surface area contributed by atoms with Gasteiger partial charge in [-0.15, -0.1) is 5.10 Å². The summed E-state index contributed by atoms with van der Waals surface area (Å²) in [5.41, 5.74) is 2.19. The first-order valence-corrected chi connectivity index (χ1v) is 11.6. The first-order chi connectivity index (χ1) is 16.6. The summed E-state index contributed by atoms with van der Waals surface area (Å²) < 4.78 is 7.13. The second-order valence-electron chi connectivity index (χ2n) is 8.98. The van der Waals surface area contributed by atoms with Gasteiger partial charge >= 0.3 is 0 Å². The quantitative estimate of drug-likeness (QED) is 0.474. The van der Waals surface area contributed by atoms with Crippen molar-refractivity contribution in [1.82, 2.24) is 14.8 Å². The fourth-order valence-electron chi connectivity index (χ4n) is 5.27. The maximum absolute atomic E-state index is 13.1. The Morgan fingerprint density at radius 3 is 2.24 bits per heavy atom. The highest BCUT2D eigenvalue weighted by molar-refractivity contribution is 6.21. The van der Waals surface area contributed by atoms with E-state index < -0.39 is 0 Å². The van der Waals surface area contributed by atoms with Crippen LogP contribution in [0.3, 0.4) is 0 Å². The van der Waals surface area contributed by atoms with Crippen LogP contribution in [0.5, 0.6) is 5.75 Å². The molecule has 34 heavy (non-hydrogen) atoms. The highest BCUT2D eigenvalue weighted by Crippen LogP contribution is 2.41. The third-order valence-corrected chi connectivity index (χ3v) is 7.09. The van der Waals surface area contributed by atoms with Gasteiger partial charge in [0, 0.05) is 0 Å². The molecule has 2 aromatic carbocycles. The van der Waals surface area contributed by atoms with Crippen molar-refractivity contribution < 1.29 is 14.3 Å². The largest absolute Gasteiger partial charge is 0.497 e. The van der Waals surface area contributed by atoms with Gasteiger partial charge in [-0.1, -0.05) is 54.6 Å². The van der Waals surface area contributed by atoms with Crippen LogP contribution < -0.4 is 15.0 Å². The zero-order valence-corrected chi connectivity index (χ0v) is 18.8. The van der Waals surface area contributed by atoms with E-state index in [2.05, 4.69) is 22.4 Å². The molecule has 0 saturated carbocycles. The number of nitrogens with one attached hydrogen (secondary N) is 1. The molecule has 2 amide bonds. The predicted octanol–water partition coefficient (Wildman–Crippen LogP) is 3.89. The molecule has 3 heterocycles. The lowest BCUT2D eigenvalue weighted by Crippen LogP contribution is -2.32. The molecule has 1 fully saturated rings. The molecule has 0 radical (unpaired) electrons. The number of anilines is 2. The van der Waals surface area contributed by atoms with E-state index in [1.54, 1.807) is 11.8 Å². The lowest BCUT2D eigenvalue weighted by Gasteiger charge is -2.31. The van der Waals surface area contributed by atoms with Gasteiger partial charge < -0.3 is 10.1 Å². The Balaban J connectivity index is 1.40. The second-order valence-corrected chi connectivity index (χ2v) is 8.98. The number of methoxy groups -OCH3 is 1. The first-order valence-electron chi connectivity index (χ1n) is 11.6. The topological polar surface area (TPSA) is 89.3 Å². The summed E-state index contributed by atoms with van der Waals surface area (Å²) in [5.74, 6) is 0.427. The standard InChI is InChI=1S/C26H25N5O3/c1-34-18-13-11-17(12-14-18)22-15-21(16-7-3-2-4-8-16)27-25-28-26(29-31(22)25)30-23(32)19-9-5-6-10-20(19)24(30)33/h2-8,11-14,19-22H,9-10,15H2,1H3,(H,27,28,29)/t19-,20+,21-,22+/m1/s1. The number of hydrogen-bond donors (Lipinski definition) is 1. The van der Waals surface area contributed by atoms with Crippen molar-refractivity contribution in [3.63, 3.8) is 0 Å². The summed E-state index contributed by atoms with van der Waals surface area (Å²) in [6.45, 7) is 0. The van der Waals surface area contributed by atoms with E-state index in [1.165, 1.54) is 4.90 Å². The summed E-state index contributed by atoms with van der Waals surface area (Å²) in [7, 11) is 1.64. The summed E-state index contributed by atoms with van der Waals surface area (Å²) >= 11 is 0. The highest BCUT2D eigenvalue weighted by Gasteiger charge is 2.49. The van der Waals surface area contributed by atoms with E-state index in [-0.39, 0.29) is 41.7 Å². The molecule has 3 aromatic rings. The van der Waals surface area contributed by atoms with Crippen LogP contribution in [-0.2, 0) is 9.59 Å². The SMILES string of the molecule is COc1ccc([C@@H]2C[C@H](c3ccccc3)Nc3nc(N4C(=O)[C@H]5CC=CC[C@H]5C4=O)nn32)cc1. The Morgan fingerprint density at radius 1 is 0.912 bits per heavy atom. The zero-order chi connectivity index (χ0) is 23.2. The van der Waals surface area contributed by atoms with Gasteiger partial charge in [-0.05, 0) is 42.5 Å². The minimum Gasteiger partial charge on any atom is -0.497 e. The Hall–Kier alpha value is -3.94. The first kappa shape index (κ1) is 20.7. The fraction of sp³-hybridized carbons (Fsp3) is 0.308. The number of fused-ring (bicyclic) bond motifs is 2. The van der Waals surface area contributed by atoms with Crippen molar-refractivity contribution in [2.75, 3.05) is 17.3 Å². The number of nitrogens with zero attached hydrogens (tertiary/aromatic N) is 4. The van der Waals surface area contributed by atoms with E-state index in [9.17, 15) is 9.59 Å². The number of allylic oxidation sites excluding steroid dienone is 2. The zero-order valence-electron chi connectivity index (χ0n) is 18.8. The van der Waals surface area contributed by atoms with Gasteiger partial charge in [0.05, 0.1) is 31.0 Å². The molecule has 0 bridgehead atoms. The number of carbonyl (C=O) groups is 2. The molecule has 1 aromatic heterocycles. The summed E-state index contributed by atoms with van der Waals surface area (Å²) in [6.07, 6.45) is 5.87. The number of rotatable bonds is 4. The average Bonchev–Trinajstić information content (AvgIpc) is 3.42. The minimum absolute atomic E-state index is 0.00890. The highest BCUT2D eigenvalue weighted by atomic mass is 16.5. The monoisotopic (exact) mass is 455 g/mol. The third kappa shape index (κ3) is 3.29. The Bertz CT molecular complexity index is 1240. The normalized spacial score (nSPS) is 25.6. The number of amides is 2. The van der Waals surface area contributed by atoms with Gasteiger partial charge in [0.2, 0.25) is 17.8 Å². The maximum atomic E-state index is 13.1. The number of carbonyl (C=O) groups excluding carboxylic acids is 2. The van der Waals surface area contributed by atoms with E-state index in [0.29, 0.717) is 18.8 Å². The molecular formula is C26H25N5O3. The van der Waals surface area contributed by atoms with Crippen molar-refractivity contribution in [3.05, 3.63) is 77.9 Å². The Morgan fingerprint density at radius 2 is 1.59 bits per heavy atom. The molecule has 0 unspecified atom stereocenters. The summed E-state index contributed by atoms with van der Waals surface area (Å²) in [6, 6.07) is 18.0. The van der Waals surface area contributed by atoms with Crippen molar-refractivity contribution in [1.29, 1.82) is 0 Å². The lowest BCUT2D eigenvalue weighted by atomic mass is 9.85. The molecule has 8 heteroatoms. The van der Waals surface area contributed by atoms with Crippen LogP contribution in [0.25, 0.3) is 0 Å². The number of aromatic nitrogens is 3. The van der Waals surface area contributed by atoms with Gasteiger partial charge in [0.15, 0.2) is 0 Å². The fourth-order valence-corrected chi connectivity index (χ4v) is 5.27. The summed E-state index contributed by atoms with van der Waals surface area (Å²) in [5, 5.41) is 8.17. The minimum atomic E-state index is -0.319. The van der Waals surface area contributed by atoms with E-state index in [1.807, 2.05) is 54.6 Å². The van der Waals surface area contributed by atoms with Gasteiger partial charge in [-0.3, -0.25) is 9.59 Å². The molecule has 6 rings (SSSR count). The molecule has 2 aliphatic heterocycles. The third-order valence-electron chi connectivity index (χ3n) is 7.09. The Labute approximate surface area is 197 Å². The number of hydrogen-bond acceptors (Lipinski definition) is 6. The van der Waals surface area contributed by atoms with Crippen molar-refractivity contribution in [2.45, 2.75) is 31.3 Å². The smallest absolute Gasteiger partial charge is 0.260 e. The average molecular weight is 456 g/mol. The molecule has 1 aliphatic carbocycles. The molecular weight excluding hydrogens is 430 g/mol. The maximum Gasteiger partial charge on any atom is 0.260 e. The number of benzene rings is 2. The van der Waals surface area contributed by atoms with Crippen LogP contribution in [0, 0.1) is 11.8 Å². The van der Waals surface area contributed by atoms with E-state index in [4.69, 9.17) is 9.84 Å². The number of ether oxygens (including phenoxy) is 1.